The molecule has 0 aromatic heterocycles. The lowest BCUT2D eigenvalue weighted by Gasteiger charge is -2.33. The van der Waals surface area contributed by atoms with E-state index in [-0.39, 0.29) is 11.7 Å². The molecule has 1 aliphatic carbocycles. The van der Waals surface area contributed by atoms with Crippen LogP contribution >= 0.6 is 0 Å². The highest BCUT2D eigenvalue weighted by Gasteiger charge is 2.43. The molecule has 0 fully saturated rings. The van der Waals surface area contributed by atoms with Crippen molar-refractivity contribution in [1.82, 2.24) is 0 Å². The van der Waals surface area contributed by atoms with Crippen LogP contribution in [-0.4, -0.2) is 17.4 Å². The van der Waals surface area contributed by atoms with Crippen molar-refractivity contribution in [2.75, 3.05) is 0 Å². The molecule has 0 bridgehead atoms. The van der Waals surface area contributed by atoms with E-state index in [0.29, 0.717) is 12.0 Å². The van der Waals surface area contributed by atoms with Gasteiger partial charge in [-0.05, 0) is 49.1 Å². The molecule has 0 heterocycles. The van der Waals surface area contributed by atoms with Crippen LogP contribution in [0.25, 0.3) is 10.8 Å². The minimum atomic E-state index is -0.833. The summed E-state index contributed by atoms with van der Waals surface area (Å²) >= 11 is 0. The number of hydrogen-bond donors (Lipinski definition) is 0. The Morgan fingerprint density at radius 2 is 1.61 bits per heavy atom. The average molecular weight is 372 g/mol. The fourth-order valence-corrected chi connectivity index (χ4v) is 4.14. The fraction of sp³-hybridized carbons (Fsp3) is 0.280. The largest absolute Gasteiger partial charge is 0.459 e. The number of carbonyl (C=O) groups is 2. The van der Waals surface area contributed by atoms with Gasteiger partial charge in [-0.2, -0.15) is 0 Å². The smallest absolute Gasteiger partial charge is 0.318 e. The first-order valence-corrected chi connectivity index (χ1v) is 9.68. The minimum Gasteiger partial charge on any atom is -0.459 e. The summed E-state index contributed by atoms with van der Waals surface area (Å²) in [6.07, 6.45) is 0.639. The number of benzene rings is 3. The first-order valence-electron chi connectivity index (χ1n) is 9.68. The summed E-state index contributed by atoms with van der Waals surface area (Å²) in [5.41, 5.74) is 2.01. The van der Waals surface area contributed by atoms with Crippen LogP contribution in [0.5, 0.6) is 0 Å². The summed E-state index contributed by atoms with van der Waals surface area (Å²) in [5, 5.41) is 2.19. The summed E-state index contributed by atoms with van der Waals surface area (Å²) in [5.74, 6) is -1.66. The molecule has 0 amide bonds. The van der Waals surface area contributed by atoms with Gasteiger partial charge in [-0.15, -0.1) is 0 Å². The quantitative estimate of drug-likeness (QED) is 0.452. The van der Waals surface area contributed by atoms with E-state index in [2.05, 4.69) is 18.2 Å². The zero-order valence-corrected chi connectivity index (χ0v) is 16.4. The van der Waals surface area contributed by atoms with Crippen molar-refractivity contribution >= 4 is 22.5 Å². The van der Waals surface area contributed by atoms with E-state index in [1.54, 1.807) is 0 Å². The molecule has 3 aromatic rings. The standard InChI is InChI=1S/C25H24O3/c1-25(2,3)28-24(27)22-21(15-17-10-5-7-13-19(17)23(22)26)20-14-8-11-16-9-4-6-12-18(16)20/h4-14,21-22H,15H2,1-3H3/t21-,22?/m1/s1. The van der Waals surface area contributed by atoms with Crippen LogP contribution < -0.4 is 0 Å². The Hall–Kier alpha value is -2.94. The molecule has 0 N–H and O–H groups in total. The Morgan fingerprint density at radius 1 is 0.929 bits per heavy atom. The fourth-order valence-electron chi connectivity index (χ4n) is 4.14. The summed E-state index contributed by atoms with van der Waals surface area (Å²) in [4.78, 5) is 26.5. The molecule has 0 saturated carbocycles. The van der Waals surface area contributed by atoms with Crippen LogP contribution in [0.15, 0.2) is 66.7 Å². The third-order valence-corrected chi connectivity index (χ3v) is 5.29. The molecule has 3 heteroatoms. The van der Waals surface area contributed by atoms with Gasteiger partial charge in [0.15, 0.2) is 5.78 Å². The van der Waals surface area contributed by atoms with Gasteiger partial charge in [0, 0.05) is 11.5 Å². The number of ketones is 1. The maximum Gasteiger partial charge on any atom is 0.318 e. The van der Waals surface area contributed by atoms with Gasteiger partial charge in [0.25, 0.3) is 0 Å². The molecule has 28 heavy (non-hydrogen) atoms. The minimum absolute atomic E-state index is 0.144. The van der Waals surface area contributed by atoms with Crippen molar-refractivity contribution in [2.24, 2.45) is 5.92 Å². The van der Waals surface area contributed by atoms with E-state index in [4.69, 9.17) is 4.74 Å². The molecule has 142 valence electrons. The van der Waals surface area contributed by atoms with Crippen molar-refractivity contribution in [3.05, 3.63) is 83.4 Å². The van der Waals surface area contributed by atoms with Crippen LogP contribution in [0.2, 0.25) is 0 Å². The molecule has 0 saturated heterocycles. The third kappa shape index (κ3) is 3.33. The summed E-state index contributed by atoms with van der Waals surface area (Å²) < 4.78 is 5.67. The van der Waals surface area contributed by atoms with Crippen molar-refractivity contribution in [3.8, 4) is 0 Å². The molecule has 2 atom stereocenters. The zero-order valence-electron chi connectivity index (χ0n) is 16.4. The monoisotopic (exact) mass is 372 g/mol. The van der Waals surface area contributed by atoms with E-state index < -0.39 is 17.5 Å². The SMILES string of the molecule is CC(C)(C)OC(=O)C1C(=O)c2ccccc2C[C@@H]1c1cccc2ccccc12. The predicted molar refractivity (Wildman–Crippen MR) is 111 cm³/mol. The third-order valence-electron chi connectivity index (χ3n) is 5.29. The number of ether oxygens (including phenoxy) is 1. The van der Waals surface area contributed by atoms with Gasteiger partial charge in [0.2, 0.25) is 0 Å². The second kappa shape index (κ2) is 6.90. The van der Waals surface area contributed by atoms with Gasteiger partial charge in [-0.25, -0.2) is 0 Å². The Morgan fingerprint density at radius 3 is 2.39 bits per heavy atom. The first kappa shape index (κ1) is 18.4. The number of hydrogen-bond acceptors (Lipinski definition) is 3. The lowest BCUT2D eigenvalue weighted by atomic mass is 9.71. The normalized spacial score (nSPS) is 19.3. The van der Waals surface area contributed by atoms with Gasteiger partial charge >= 0.3 is 5.97 Å². The van der Waals surface area contributed by atoms with Gasteiger partial charge in [0.1, 0.15) is 11.5 Å². The molecule has 3 nitrogen and oxygen atoms in total. The zero-order chi connectivity index (χ0) is 19.9. The molecule has 1 unspecified atom stereocenters. The second-order valence-electron chi connectivity index (χ2n) is 8.41. The van der Waals surface area contributed by atoms with Crippen LogP contribution in [0.1, 0.15) is 48.2 Å². The number of rotatable bonds is 2. The maximum absolute atomic E-state index is 13.4. The number of Topliss-reactive ketones (excluding diaryl/α,β-unsaturated/α-hetero) is 1. The van der Waals surface area contributed by atoms with Crippen molar-refractivity contribution in [3.63, 3.8) is 0 Å². The Labute approximate surface area is 165 Å². The van der Waals surface area contributed by atoms with Crippen molar-refractivity contribution in [1.29, 1.82) is 0 Å². The second-order valence-corrected chi connectivity index (χ2v) is 8.41. The van der Waals surface area contributed by atoms with Crippen molar-refractivity contribution in [2.45, 2.75) is 38.7 Å². The lowest BCUT2D eigenvalue weighted by Crippen LogP contribution is -2.40. The molecule has 4 rings (SSSR count). The Kier molecular flexibility index (Phi) is 4.54. The summed E-state index contributed by atoms with van der Waals surface area (Å²) in [6, 6.07) is 21.8. The maximum atomic E-state index is 13.4. The topological polar surface area (TPSA) is 43.4 Å². The number of carbonyl (C=O) groups excluding carboxylic acids is 2. The van der Waals surface area contributed by atoms with Crippen LogP contribution in [0, 0.1) is 5.92 Å². The predicted octanol–water partition coefficient (Wildman–Crippen LogP) is 5.32. The van der Waals surface area contributed by atoms with E-state index in [9.17, 15) is 9.59 Å². The molecule has 3 aromatic carbocycles. The van der Waals surface area contributed by atoms with Crippen LogP contribution in [0.3, 0.4) is 0 Å². The number of fused-ring (bicyclic) bond motifs is 2. The molecule has 1 aliphatic rings. The first-order chi connectivity index (χ1) is 13.3. The van der Waals surface area contributed by atoms with E-state index >= 15 is 0 Å². The summed E-state index contributed by atoms with van der Waals surface area (Å²) in [6.45, 7) is 5.50. The van der Waals surface area contributed by atoms with Gasteiger partial charge in [-0.1, -0.05) is 66.7 Å². The van der Waals surface area contributed by atoms with E-state index in [1.165, 1.54) is 0 Å². The molecule has 0 radical (unpaired) electrons. The Bertz CT molecular complexity index is 1050. The highest BCUT2D eigenvalue weighted by Crippen LogP contribution is 2.40. The highest BCUT2D eigenvalue weighted by molar-refractivity contribution is 6.11. The van der Waals surface area contributed by atoms with Crippen LogP contribution in [0.4, 0.5) is 0 Å². The average Bonchev–Trinajstić information content (AvgIpc) is 2.66. The highest BCUT2D eigenvalue weighted by atomic mass is 16.6. The van der Waals surface area contributed by atoms with Gasteiger partial charge in [0.05, 0.1) is 0 Å². The number of esters is 1. The van der Waals surface area contributed by atoms with Crippen LogP contribution in [-0.2, 0) is 16.0 Å². The molecular formula is C25H24O3. The molecule has 0 aliphatic heterocycles. The van der Waals surface area contributed by atoms with Gasteiger partial charge in [-0.3, -0.25) is 9.59 Å². The van der Waals surface area contributed by atoms with E-state index in [0.717, 1.165) is 21.9 Å². The summed E-state index contributed by atoms with van der Waals surface area (Å²) in [7, 11) is 0. The van der Waals surface area contributed by atoms with E-state index in [1.807, 2.05) is 69.3 Å². The molecule has 0 spiro atoms. The Balaban J connectivity index is 1.87. The lowest BCUT2D eigenvalue weighted by molar-refractivity contribution is -0.158. The molecular weight excluding hydrogens is 348 g/mol. The van der Waals surface area contributed by atoms with Gasteiger partial charge < -0.3 is 4.74 Å². The van der Waals surface area contributed by atoms with Crippen molar-refractivity contribution < 1.29 is 14.3 Å².